The first-order chi connectivity index (χ1) is 9.65. The minimum atomic E-state index is -0.0266. The maximum absolute atomic E-state index is 11.7. The van der Waals surface area contributed by atoms with Crippen LogP contribution in [0, 0.1) is 5.92 Å². The van der Waals surface area contributed by atoms with Crippen molar-refractivity contribution in [3.05, 3.63) is 35.9 Å². The van der Waals surface area contributed by atoms with Gasteiger partial charge < -0.3 is 5.32 Å². The third-order valence-electron chi connectivity index (χ3n) is 3.58. The lowest BCUT2D eigenvalue weighted by atomic mass is 9.99. The van der Waals surface area contributed by atoms with Crippen LogP contribution < -0.4 is 5.32 Å². The standard InChI is InChI=1S/C17H25NO2/c1-3-14(2)16(19)12-8-5-9-13-18-17(20)15-10-6-4-7-11-15/h4,6-7,10-11,14H,3,5,8-9,12-13H2,1-2H3,(H,18,20). The van der Waals surface area contributed by atoms with Crippen molar-refractivity contribution in [3.8, 4) is 0 Å². The van der Waals surface area contributed by atoms with E-state index in [9.17, 15) is 9.59 Å². The number of hydrogen-bond acceptors (Lipinski definition) is 2. The van der Waals surface area contributed by atoms with Crippen molar-refractivity contribution in [3.63, 3.8) is 0 Å². The molecule has 0 saturated carbocycles. The highest BCUT2D eigenvalue weighted by atomic mass is 16.1. The van der Waals surface area contributed by atoms with E-state index in [0.717, 1.165) is 25.7 Å². The van der Waals surface area contributed by atoms with E-state index in [0.29, 0.717) is 24.3 Å². The molecule has 0 aliphatic heterocycles. The van der Waals surface area contributed by atoms with Gasteiger partial charge in [-0.1, -0.05) is 38.5 Å². The Hall–Kier alpha value is -1.64. The van der Waals surface area contributed by atoms with Gasteiger partial charge in [-0.15, -0.1) is 0 Å². The molecule has 1 aromatic rings. The van der Waals surface area contributed by atoms with Gasteiger partial charge in [-0.3, -0.25) is 9.59 Å². The minimum absolute atomic E-state index is 0.0266. The smallest absolute Gasteiger partial charge is 0.251 e. The van der Waals surface area contributed by atoms with Gasteiger partial charge in [-0.2, -0.15) is 0 Å². The zero-order valence-corrected chi connectivity index (χ0v) is 12.5. The molecule has 1 unspecified atom stereocenters. The third-order valence-corrected chi connectivity index (χ3v) is 3.58. The van der Waals surface area contributed by atoms with Gasteiger partial charge in [-0.05, 0) is 31.4 Å². The second-order valence-electron chi connectivity index (χ2n) is 5.21. The molecule has 0 radical (unpaired) electrons. The molecule has 1 atom stereocenters. The number of rotatable bonds is 9. The quantitative estimate of drug-likeness (QED) is 0.700. The number of carbonyl (C=O) groups is 2. The molecule has 0 heterocycles. The van der Waals surface area contributed by atoms with Crippen LogP contribution in [0.4, 0.5) is 0 Å². The largest absolute Gasteiger partial charge is 0.352 e. The predicted molar refractivity (Wildman–Crippen MR) is 81.7 cm³/mol. The second kappa shape index (κ2) is 9.29. The summed E-state index contributed by atoms with van der Waals surface area (Å²) in [6.45, 7) is 4.70. The first-order valence-corrected chi connectivity index (χ1v) is 7.51. The lowest BCUT2D eigenvalue weighted by Gasteiger charge is -2.07. The highest BCUT2D eigenvalue weighted by Crippen LogP contribution is 2.09. The molecule has 1 N–H and O–H groups in total. The Morgan fingerprint density at radius 2 is 1.80 bits per heavy atom. The third kappa shape index (κ3) is 6.00. The van der Waals surface area contributed by atoms with Crippen molar-refractivity contribution in [1.29, 1.82) is 0 Å². The Labute approximate surface area is 121 Å². The Morgan fingerprint density at radius 3 is 2.45 bits per heavy atom. The van der Waals surface area contributed by atoms with Crippen molar-refractivity contribution in [2.24, 2.45) is 5.92 Å². The van der Waals surface area contributed by atoms with Crippen molar-refractivity contribution in [2.45, 2.75) is 46.0 Å². The number of Topliss-reactive ketones (excluding diaryl/α,β-unsaturated/α-hetero) is 1. The maximum Gasteiger partial charge on any atom is 0.251 e. The molecule has 0 aromatic heterocycles. The first-order valence-electron chi connectivity index (χ1n) is 7.51. The molecule has 0 spiro atoms. The average Bonchev–Trinajstić information content (AvgIpc) is 2.50. The van der Waals surface area contributed by atoms with Crippen LogP contribution in [0.5, 0.6) is 0 Å². The van der Waals surface area contributed by atoms with E-state index < -0.39 is 0 Å². The Balaban J connectivity index is 2.08. The summed E-state index contributed by atoms with van der Waals surface area (Å²) in [6, 6.07) is 9.22. The molecular weight excluding hydrogens is 250 g/mol. The Kier molecular flexibility index (Phi) is 7.63. The summed E-state index contributed by atoms with van der Waals surface area (Å²) in [6.07, 6.45) is 4.42. The summed E-state index contributed by atoms with van der Waals surface area (Å²) < 4.78 is 0. The van der Waals surface area contributed by atoms with Crippen LogP contribution >= 0.6 is 0 Å². The maximum atomic E-state index is 11.7. The molecule has 0 aliphatic carbocycles. The highest BCUT2D eigenvalue weighted by Gasteiger charge is 2.09. The van der Waals surface area contributed by atoms with E-state index in [4.69, 9.17) is 0 Å². The Morgan fingerprint density at radius 1 is 1.10 bits per heavy atom. The predicted octanol–water partition coefficient (Wildman–Crippen LogP) is 3.59. The van der Waals surface area contributed by atoms with E-state index in [1.165, 1.54) is 0 Å². The number of carbonyl (C=O) groups excluding carboxylic acids is 2. The molecule has 3 nitrogen and oxygen atoms in total. The molecule has 110 valence electrons. The topological polar surface area (TPSA) is 46.2 Å². The number of ketones is 1. The highest BCUT2D eigenvalue weighted by molar-refractivity contribution is 5.94. The molecule has 0 aliphatic rings. The SMILES string of the molecule is CCC(C)C(=O)CCCCCNC(=O)c1ccccc1. The van der Waals surface area contributed by atoms with E-state index in [-0.39, 0.29) is 11.8 Å². The fraction of sp³-hybridized carbons (Fsp3) is 0.529. The van der Waals surface area contributed by atoms with Gasteiger partial charge >= 0.3 is 0 Å². The molecule has 1 amide bonds. The van der Waals surface area contributed by atoms with Crippen LogP contribution in [0.3, 0.4) is 0 Å². The summed E-state index contributed by atoms with van der Waals surface area (Å²) in [5.41, 5.74) is 0.694. The molecular formula is C17H25NO2. The number of benzene rings is 1. The average molecular weight is 275 g/mol. The van der Waals surface area contributed by atoms with Crippen molar-refractivity contribution in [2.75, 3.05) is 6.54 Å². The van der Waals surface area contributed by atoms with Crippen LogP contribution in [-0.4, -0.2) is 18.2 Å². The van der Waals surface area contributed by atoms with E-state index in [1.54, 1.807) is 12.1 Å². The van der Waals surface area contributed by atoms with E-state index >= 15 is 0 Å². The Bertz CT molecular complexity index is 414. The van der Waals surface area contributed by atoms with Gasteiger partial charge in [0.1, 0.15) is 5.78 Å². The minimum Gasteiger partial charge on any atom is -0.352 e. The van der Waals surface area contributed by atoms with Gasteiger partial charge in [0.15, 0.2) is 0 Å². The molecule has 20 heavy (non-hydrogen) atoms. The zero-order chi connectivity index (χ0) is 14.8. The van der Waals surface area contributed by atoms with Gasteiger partial charge in [0.05, 0.1) is 0 Å². The van der Waals surface area contributed by atoms with Crippen molar-refractivity contribution < 1.29 is 9.59 Å². The molecule has 1 aromatic carbocycles. The first kappa shape index (κ1) is 16.4. The molecule has 1 rings (SSSR count). The summed E-state index contributed by atoms with van der Waals surface area (Å²) >= 11 is 0. The second-order valence-corrected chi connectivity index (χ2v) is 5.21. The molecule has 0 bridgehead atoms. The number of unbranched alkanes of at least 4 members (excludes halogenated alkanes) is 2. The summed E-state index contributed by atoms with van der Waals surface area (Å²) in [5, 5.41) is 2.90. The molecule has 3 heteroatoms. The number of nitrogens with one attached hydrogen (secondary N) is 1. The van der Waals surface area contributed by atoms with Crippen LogP contribution in [0.25, 0.3) is 0 Å². The van der Waals surface area contributed by atoms with Crippen molar-refractivity contribution >= 4 is 11.7 Å². The summed E-state index contributed by atoms with van der Waals surface area (Å²) in [7, 11) is 0. The monoisotopic (exact) mass is 275 g/mol. The van der Waals surface area contributed by atoms with Gasteiger partial charge in [0, 0.05) is 24.4 Å². The van der Waals surface area contributed by atoms with Crippen LogP contribution in [0.2, 0.25) is 0 Å². The molecule has 0 fully saturated rings. The van der Waals surface area contributed by atoms with E-state index in [2.05, 4.69) is 5.32 Å². The van der Waals surface area contributed by atoms with Crippen LogP contribution in [-0.2, 0) is 4.79 Å². The molecule has 0 saturated heterocycles. The van der Waals surface area contributed by atoms with Gasteiger partial charge in [-0.25, -0.2) is 0 Å². The fourth-order valence-electron chi connectivity index (χ4n) is 1.97. The normalized spacial score (nSPS) is 11.9. The van der Waals surface area contributed by atoms with Crippen LogP contribution in [0.15, 0.2) is 30.3 Å². The van der Waals surface area contributed by atoms with Gasteiger partial charge in [0.25, 0.3) is 5.91 Å². The van der Waals surface area contributed by atoms with Crippen LogP contribution in [0.1, 0.15) is 56.3 Å². The lowest BCUT2D eigenvalue weighted by Crippen LogP contribution is -2.24. The summed E-state index contributed by atoms with van der Waals surface area (Å²) in [4.78, 5) is 23.4. The summed E-state index contributed by atoms with van der Waals surface area (Å²) in [5.74, 6) is 0.523. The fourth-order valence-corrected chi connectivity index (χ4v) is 1.97. The zero-order valence-electron chi connectivity index (χ0n) is 12.5. The lowest BCUT2D eigenvalue weighted by molar-refractivity contribution is -0.122. The van der Waals surface area contributed by atoms with Crippen molar-refractivity contribution in [1.82, 2.24) is 5.32 Å². The number of amides is 1. The van der Waals surface area contributed by atoms with E-state index in [1.807, 2.05) is 32.0 Å². The number of hydrogen-bond donors (Lipinski definition) is 1. The van der Waals surface area contributed by atoms with Gasteiger partial charge in [0.2, 0.25) is 0 Å².